The number of amides is 2. The number of nitrogens with zero attached hydrogens (tertiary/aromatic N) is 1. The number of aromatic nitrogens is 1. The van der Waals surface area contributed by atoms with E-state index in [1.165, 1.54) is 6.92 Å². The van der Waals surface area contributed by atoms with E-state index in [9.17, 15) is 9.59 Å². The first-order chi connectivity index (χ1) is 12.6. The zero-order valence-corrected chi connectivity index (χ0v) is 14.2. The van der Waals surface area contributed by atoms with Crippen LogP contribution in [0.2, 0.25) is 0 Å². The van der Waals surface area contributed by atoms with Crippen molar-refractivity contribution in [2.24, 2.45) is 0 Å². The Kier molecular flexibility index (Phi) is 5.24. The van der Waals surface area contributed by atoms with Crippen LogP contribution < -0.4 is 16.0 Å². The average Bonchev–Trinajstić information content (AvgIpc) is 2.64. The fourth-order valence-electron chi connectivity index (χ4n) is 2.36. The van der Waals surface area contributed by atoms with E-state index >= 15 is 0 Å². The summed E-state index contributed by atoms with van der Waals surface area (Å²) in [7, 11) is 0. The average molecular weight is 346 g/mol. The molecule has 0 aliphatic carbocycles. The van der Waals surface area contributed by atoms with E-state index in [0.29, 0.717) is 22.8 Å². The Morgan fingerprint density at radius 1 is 0.808 bits per heavy atom. The zero-order chi connectivity index (χ0) is 18.4. The molecule has 1 aromatic heterocycles. The van der Waals surface area contributed by atoms with Crippen LogP contribution in [-0.2, 0) is 4.79 Å². The van der Waals surface area contributed by atoms with Crippen molar-refractivity contribution in [3.8, 4) is 0 Å². The van der Waals surface area contributed by atoms with Crippen molar-refractivity contribution in [1.82, 2.24) is 4.98 Å². The van der Waals surface area contributed by atoms with Crippen LogP contribution in [0.4, 0.5) is 22.9 Å². The Labute approximate surface area is 151 Å². The van der Waals surface area contributed by atoms with E-state index in [4.69, 9.17) is 0 Å². The van der Waals surface area contributed by atoms with E-state index in [1.807, 2.05) is 42.5 Å². The molecule has 0 aliphatic rings. The molecule has 2 aromatic carbocycles. The number of hydrogen-bond donors (Lipinski definition) is 3. The summed E-state index contributed by atoms with van der Waals surface area (Å²) in [5, 5.41) is 8.69. The Morgan fingerprint density at radius 3 is 2.27 bits per heavy atom. The van der Waals surface area contributed by atoms with Gasteiger partial charge in [-0.05, 0) is 42.5 Å². The smallest absolute Gasteiger partial charge is 0.255 e. The number of pyridine rings is 1. The lowest BCUT2D eigenvalue weighted by atomic mass is 10.2. The lowest BCUT2D eigenvalue weighted by Gasteiger charge is -2.09. The van der Waals surface area contributed by atoms with Crippen molar-refractivity contribution in [3.05, 3.63) is 78.5 Å². The molecule has 2 amide bonds. The van der Waals surface area contributed by atoms with E-state index in [-0.39, 0.29) is 11.8 Å². The topological polar surface area (TPSA) is 83.1 Å². The van der Waals surface area contributed by atoms with Crippen molar-refractivity contribution in [1.29, 1.82) is 0 Å². The molecule has 130 valence electrons. The van der Waals surface area contributed by atoms with Crippen molar-refractivity contribution in [3.63, 3.8) is 0 Å². The van der Waals surface area contributed by atoms with Gasteiger partial charge in [-0.15, -0.1) is 0 Å². The standard InChI is InChI=1S/C20H18N4O2/c1-14(25)22-16-8-5-9-17(12-16)23-19-11-10-18(13-21-19)24-20(26)15-6-3-2-4-7-15/h2-13H,1H3,(H,21,23)(H,22,25)(H,24,26). The minimum absolute atomic E-state index is 0.126. The first-order valence-corrected chi connectivity index (χ1v) is 8.07. The fraction of sp³-hybridized carbons (Fsp3) is 0.0500. The molecule has 6 nitrogen and oxygen atoms in total. The highest BCUT2D eigenvalue weighted by Crippen LogP contribution is 2.20. The first-order valence-electron chi connectivity index (χ1n) is 8.07. The summed E-state index contributed by atoms with van der Waals surface area (Å²) in [6.07, 6.45) is 1.58. The Balaban J connectivity index is 1.64. The van der Waals surface area contributed by atoms with Gasteiger partial charge in [-0.2, -0.15) is 0 Å². The van der Waals surface area contributed by atoms with Gasteiger partial charge in [-0.25, -0.2) is 4.98 Å². The second-order valence-corrected chi connectivity index (χ2v) is 5.64. The molecule has 0 saturated heterocycles. The van der Waals surface area contributed by atoms with E-state index in [1.54, 1.807) is 30.5 Å². The number of nitrogens with one attached hydrogen (secondary N) is 3. The summed E-state index contributed by atoms with van der Waals surface area (Å²) in [6, 6.07) is 19.9. The van der Waals surface area contributed by atoms with Gasteiger partial charge in [0.1, 0.15) is 5.82 Å². The maximum Gasteiger partial charge on any atom is 0.255 e. The highest BCUT2D eigenvalue weighted by atomic mass is 16.2. The number of carbonyl (C=O) groups is 2. The van der Waals surface area contributed by atoms with Gasteiger partial charge in [0.05, 0.1) is 11.9 Å². The molecule has 0 saturated carbocycles. The number of carbonyl (C=O) groups excluding carboxylic acids is 2. The van der Waals surface area contributed by atoms with Crippen LogP contribution in [0.1, 0.15) is 17.3 Å². The molecule has 6 heteroatoms. The van der Waals surface area contributed by atoms with Gasteiger partial charge in [0.25, 0.3) is 5.91 Å². The minimum atomic E-state index is -0.184. The molecule has 0 fully saturated rings. The van der Waals surface area contributed by atoms with E-state index < -0.39 is 0 Å². The van der Waals surface area contributed by atoms with Crippen LogP contribution in [-0.4, -0.2) is 16.8 Å². The number of hydrogen-bond acceptors (Lipinski definition) is 4. The Morgan fingerprint density at radius 2 is 1.58 bits per heavy atom. The van der Waals surface area contributed by atoms with Gasteiger partial charge >= 0.3 is 0 Å². The zero-order valence-electron chi connectivity index (χ0n) is 14.2. The van der Waals surface area contributed by atoms with Gasteiger partial charge in [-0.3, -0.25) is 9.59 Å². The van der Waals surface area contributed by atoms with Gasteiger partial charge < -0.3 is 16.0 Å². The van der Waals surface area contributed by atoms with Gasteiger partial charge in [0.2, 0.25) is 5.91 Å². The molecule has 3 aromatic rings. The molecule has 3 rings (SSSR count). The summed E-state index contributed by atoms with van der Waals surface area (Å²) in [5.74, 6) is 0.317. The van der Waals surface area contributed by atoms with Crippen LogP contribution >= 0.6 is 0 Å². The number of benzene rings is 2. The van der Waals surface area contributed by atoms with Crippen LogP contribution in [0.15, 0.2) is 72.9 Å². The highest BCUT2D eigenvalue weighted by molar-refractivity contribution is 6.04. The maximum atomic E-state index is 12.1. The third-order valence-corrected chi connectivity index (χ3v) is 3.51. The normalized spacial score (nSPS) is 10.0. The fourth-order valence-corrected chi connectivity index (χ4v) is 2.36. The Hall–Kier alpha value is -3.67. The highest BCUT2D eigenvalue weighted by Gasteiger charge is 2.05. The molecule has 1 heterocycles. The van der Waals surface area contributed by atoms with Gasteiger partial charge in [0.15, 0.2) is 0 Å². The van der Waals surface area contributed by atoms with Gasteiger partial charge in [-0.1, -0.05) is 24.3 Å². The molecule has 0 unspecified atom stereocenters. The summed E-state index contributed by atoms with van der Waals surface area (Å²) >= 11 is 0. The van der Waals surface area contributed by atoms with E-state index in [0.717, 1.165) is 5.69 Å². The number of rotatable bonds is 5. The molecule has 0 atom stereocenters. The SMILES string of the molecule is CC(=O)Nc1cccc(Nc2ccc(NC(=O)c3ccccc3)cn2)c1. The van der Waals surface area contributed by atoms with Gasteiger partial charge in [0, 0.05) is 23.9 Å². The molecule has 26 heavy (non-hydrogen) atoms. The quantitative estimate of drug-likeness (QED) is 0.651. The largest absolute Gasteiger partial charge is 0.340 e. The van der Waals surface area contributed by atoms with Crippen molar-refractivity contribution in [2.45, 2.75) is 6.92 Å². The summed E-state index contributed by atoms with van der Waals surface area (Å²) in [4.78, 5) is 27.6. The first kappa shape index (κ1) is 17.2. The summed E-state index contributed by atoms with van der Waals surface area (Å²) in [5.41, 5.74) is 2.69. The van der Waals surface area contributed by atoms with Crippen LogP contribution in [0.25, 0.3) is 0 Å². The third-order valence-electron chi connectivity index (χ3n) is 3.51. The molecular weight excluding hydrogens is 328 g/mol. The third kappa shape index (κ3) is 4.67. The lowest BCUT2D eigenvalue weighted by molar-refractivity contribution is -0.114. The predicted molar refractivity (Wildman–Crippen MR) is 103 cm³/mol. The lowest BCUT2D eigenvalue weighted by Crippen LogP contribution is -2.11. The van der Waals surface area contributed by atoms with Crippen LogP contribution in [0.5, 0.6) is 0 Å². The molecule has 0 radical (unpaired) electrons. The second kappa shape index (κ2) is 7.94. The minimum Gasteiger partial charge on any atom is -0.340 e. The molecule has 0 aliphatic heterocycles. The van der Waals surface area contributed by atoms with Crippen LogP contribution in [0, 0.1) is 0 Å². The number of anilines is 4. The monoisotopic (exact) mass is 346 g/mol. The Bertz CT molecular complexity index is 909. The van der Waals surface area contributed by atoms with Crippen LogP contribution in [0.3, 0.4) is 0 Å². The molecule has 0 bridgehead atoms. The van der Waals surface area contributed by atoms with Crippen molar-refractivity contribution >= 4 is 34.7 Å². The summed E-state index contributed by atoms with van der Waals surface area (Å²) < 4.78 is 0. The van der Waals surface area contributed by atoms with E-state index in [2.05, 4.69) is 20.9 Å². The predicted octanol–water partition coefficient (Wildman–Crippen LogP) is 4.04. The molecule has 3 N–H and O–H groups in total. The van der Waals surface area contributed by atoms with Crippen molar-refractivity contribution < 1.29 is 9.59 Å². The summed E-state index contributed by atoms with van der Waals surface area (Å²) in [6.45, 7) is 1.46. The van der Waals surface area contributed by atoms with Crippen molar-refractivity contribution in [2.75, 3.05) is 16.0 Å². The molecule has 0 spiro atoms. The second-order valence-electron chi connectivity index (χ2n) is 5.64. The maximum absolute atomic E-state index is 12.1. The molecular formula is C20H18N4O2.